The first-order chi connectivity index (χ1) is 15.0. The van der Waals surface area contributed by atoms with Gasteiger partial charge in [-0.05, 0) is 50.3 Å². The van der Waals surface area contributed by atoms with Crippen LogP contribution in [0, 0.1) is 5.92 Å². The number of H-pyrrole nitrogens is 1. The number of aromatic nitrogens is 1. The van der Waals surface area contributed by atoms with Gasteiger partial charge in [-0.25, -0.2) is 4.79 Å². The quantitative estimate of drug-likeness (QED) is 0.394. The zero-order valence-corrected chi connectivity index (χ0v) is 17.9. The average Bonchev–Trinajstić information content (AvgIpc) is 3.21. The first kappa shape index (κ1) is 22.8. The largest absolute Gasteiger partial charge is 0.497 e. The van der Waals surface area contributed by atoms with Crippen LogP contribution in [-0.4, -0.2) is 58.9 Å². The van der Waals surface area contributed by atoms with Crippen molar-refractivity contribution in [1.82, 2.24) is 9.88 Å². The summed E-state index contributed by atoms with van der Waals surface area (Å²) in [5.41, 5.74) is 6.49. The molecule has 1 aromatic heterocycles. The fourth-order valence-corrected chi connectivity index (χ4v) is 4.39. The first-order valence-corrected chi connectivity index (χ1v) is 10.9. The number of carbonyl (C=O) groups is 3. The van der Waals surface area contributed by atoms with E-state index >= 15 is 0 Å². The van der Waals surface area contributed by atoms with E-state index in [0.717, 1.165) is 32.1 Å². The summed E-state index contributed by atoms with van der Waals surface area (Å²) in [5, 5.41) is 10.4. The summed E-state index contributed by atoms with van der Waals surface area (Å²) in [4.78, 5) is 42.8. The molecule has 1 atom stereocenters. The number of methoxy groups -OCH3 is 1. The minimum Gasteiger partial charge on any atom is -0.497 e. The van der Waals surface area contributed by atoms with Crippen molar-refractivity contribution < 1.29 is 24.2 Å². The molecule has 1 saturated carbocycles. The lowest BCUT2D eigenvalue weighted by Gasteiger charge is -2.33. The summed E-state index contributed by atoms with van der Waals surface area (Å²) in [7, 11) is 1.55. The molecule has 0 spiro atoms. The van der Waals surface area contributed by atoms with Crippen LogP contribution >= 0.6 is 0 Å². The molecule has 1 fully saturated rings. The molecule has 8 heteroatoms. The molecule has 0 aliphatic heterocycles. The average molecular weight is 430 g/mol. The van der Waals surface area contributed by atoms with Gasteiger partial charge in [-0.15, -0.1) is 0 Å². The second kappa shape index (κ2) is 10.4. The van der Waals surface area contributed by atoms with Crippen molar-refractivity contribution in [2.24, 2.45) is 11.7 Å². The number of carboxylic acid groups (broad SMARTS) is 1. The fraction of sp³-hybridized carbons (Fsp3) is 0.522. The number of amides is 1. The number of benzene rings is 1. The van der Waals surface area contributed by atoms with Crippen molar-refractivity contribution in [2.45, 2.75) is 51.0 Å². The number of nitrogens with two attached hydrogens (primary N) is 1. The highest BCUT2D eigenvalue weighted by Gasteiger charge is 2.35. The molecule has 0 radical (unpaired) electrons. The highest BCUT2D eigenvalue weighted by atomic mass is 16.5. The molecular weight excluding hydrogens is 398 g/mol. The molecule has 31 heavy (non-hydrogen) atoms. The maximum absolute atomic E-state index is 13.3. The molecule has 1 aliphatic rings. The van der Waals surface area contributed by atoms with Crippen molar-refractivity contribution in [3.8, 4) is 5.75 Å². The molecule has 0 bridgehead atoms. The Balaban J connectivity index is 1.90. The van der Waals surface area contributed by atoms with Gasteiger partial charge in [-0.1, -0.05) is 19.3 Å². The summed E-state index contributed by atoms with van der Waals surface area (Å²) in [5.74, 6) is -1.74. The van der Waals surface area contributed by atoms with Gasteiger partial charge in [0.2, 0.25) is 0 Å². The molecule has 1 heterocycles. The molecular formula is C23H31N3O5. The van der Waals surface area contributed by atoms with Crippen LogP contribution in [0.3, 0.4) is 0 Å². The molecule has 2 aromatic rings. The second-order valence-corrected chi connectivity index (χ2v) is 8.19. The second-order valence-electron chi connectivity index (χ2n) is 8.19. The third kappa shape index (κ3) is 5.25. The van der Waals surface area contributed by atoms with Crippen LogP contribution in [0.2, 0.25) is 0 Å². The number of Topliss-reactive ketones (excluding diaryl/α,β-unsaturated/α-hetero) is 1. The van der Waals surface area contributed by atoms with Crippen molar-refractivity contribution in [2.75, 3.05) is 20.2 Å². The zero-order chi connectivity index (χ0) is 22.4. The highest BCUT2D eigenvalue weighted by Crippen LogP contribution is 2.28. The van der Waals surface area contributed by atoms with Crippen molar-refractivity contribution >= 4 is 28.6 Å². The normalized spacial score (nSPS) is 15.5. The molecule has 1 aromatic carbocycles. The van der Waals surface area contributed by atoms with Gasteiger partial charge in [0, 0.05) is 29.7 Å². The number of fused-ring (bicyclic) bond motifs is 1. The number of ether oxygens (including phenoxy) is 1. The van der Waals surface area contributed by atoms with Crippen LogP contribution in [-0.2, 0) is 9.59 Å². The van der Waals surface area contributed by atoms with Crippen LogP contribution in [0.25, 0.3) is 10.9 Å². The van der Waals surface area contributed by atoms with Crippen molar-refractivity contribution in [3.05, 3.63) is 30.0 Å². The number of ketones is 1. The molecule has 8 nitrogen and oxygen atoms in total. The van der Waals surface area contributed by atoms with E-state index in [9.17, 15) is 19.5 Å². The number of carbonyl (C=O) groups excluding carboxylic acids is 2. The molecule has 168 valence electrons. The third-order valence-electron chi connectivity index (χ3n) is 6.11. The molecule has 1 amide bonds. The number of nitrogens with zero attached hydrogens (tertiary/aromatic N) is 1. The van der Waals surface area contributed by atoms with Crippen molar-refractivity contribution in [1.29, 1.82) is 0 Å². The Hall–Kier alpha value is -2.87. The molecule has 0 saturated heterocycles. The van der Waals surface area contributed by atoms with E-state index < -0.39 is 23.7 Å². The Kier molecular flexibility index (Phi) is 7.68. The summed E-state index contributed by atoms with van der Waals surface area (Å²) in [6.45, 7) is 0.607. The predicted molar refractivity (Wildman–Crippen MR) is 117 cm³/mol. The molecule has 0 unspecified atom stereocenters. The number of hydrogen-bond acceptors (Lipinski definition) is 5. The van der Waals surface area contributed by atoms with E-state index in [2.05, 4.69) is 4.98 Å². The van der Waals surface area contributed by atoms with Gasteiger partial charge in [0.25, 0.3) is 11.7 Å². The van der Waals surface area contributed by atoms with Crippen LogP contribution in [0.1, 0.15) is 55.3 Å². The number of carboxylic acids is 1. The topological polar surface area (TPSA) is 126 Å². The van der Waals surface area contributed by atoms with Crippen molar-refractivity contribution in [3.63, 3.8) is 0 Å². The number of rotatable bonds is 10. The summed E-state index contributed by atoms with van der Waals surface area (Å²) >= 11 is 0. The summed E-state index contributed by atoms with van der Waals surface area (Å²) < 4.78 is 5.20. The number of aromatic amines is 1. The van der Waals surface area contributed by atoms with Crippen LogP contribution < -0.4 is 10.5 Å². The van der Waals surface area contributed by atoms with E-state index in [1.54, 1.807) is 25.3 Å². The van der Waals surface area contributed by atoms with Crippen LogP contribution in [0.15, 0.2) is 24.4 Å². The summed E-state index contributed by atoms with van der Waals surface area (Å²) in [6.07, 6.45) is 7.34. The van der Waals surface area contributed by atoms with E-state index in [4.69, 9.17) is 10.5 Å². The van der Waals surface area contributed by atoms with Gasteiger partial charge < -0.3 is 25.5 Å². The number of nitrogens with one attached hydrogen (secondary N) is 1. The van der Waals surface area contributed by atoms with Crippen LogP contribution in [0.5, 0.6) is 5.75 Å². The lowest BCUT2D eigenvalue weighted by Crippen LogP contribution is -2.50. The van der Waals surface area contributed by atoms with Gasteiger partial charge in [-0.3, -0.25) is 9.59 Å². The first-order valence-electron chi connectivity index (χ1n) is 10.9. The molecule has 4 N–H and O–H groups in total. The third-order valence-corrected chi connectivity index (χ3v) is 6.11. The van der Waals surface area contributed by atoms with E-state index in [1.807, 2.05) is 0 Å². The lowest BCUT2D eigenvalue weighted by atomic mass is 9.88. The maximum Gasteiger partial charge on any atom is 0.326 e. The standard InChI is InChI=1S/C23H31N3O5/c1-31-16-9-10-17-18(13-25-19(17)12-16)21(27)22(28)26(14-15-6-3-2-4-7-15)20(23(29)30)8-5-11-24/h9-10,12-13,15,20,25H,2-8,11,14,24H2,1H3,(H,29,30)/t20-/m1/s1. The van der Waals surface area contributed by atoms with Crippen LogP contribution in [0.4, 0.5) is 0 Å². The monoisotopic (exact) mass is 429 g/mol. The molecule has 1 aliphatic carbocycles. The van der Waals surface area contributed by atoms with E-state index in [-0.39, 0.29) is 24.4 Å². The Morgan fingerprint density at radius 3 is 2.65 bits per heavy atom. The Morgan fingerprint density at radius 2 is 2.00 bits per heavy atom. The molecule has 3 rings (SSSR count). The minimum absolute atomic E-state index is 0.206. The Bertz CT molecular complexity index is 932. The minimum atomic E-state index is -1.10. The number of hydrogen-bond donors (Lipinski definition) is 3. The highest BCUT2D eigenvalue weighted by molar-refractivity contribution is 6.45. The van der Waals surface area contributed by atoms with E-state index in [0.29, 0.717) is 29.6 Å². The van der Waals surface area contributed by atoms with Gasteiger partial charge in [0.1, 0.15) is 11.8 Å². The number of aliphatic carboxylic acids is 1. The van der Waals surface area contributed by atoms with Gasteiger partial charge in [0.05, 0.1) is 12.7 Å². The Morgan fingerprint density at radius 1 is 1.26 bits per heavy atom. The summed E-state index contributed by atoms with van der Waals surface area (Å²) in [6, 6.07) is 4.13. The Labute approximate surface area is 181 Å². The SMILES string of the molecule is COc1ccc2c(C(=O)C(=O)N(CC3CCCCC3)[C@H](CCCN)C(=O)O)c[nH]c2c1. The van der Waals surface area contributed by atoms with Gasteiger partial charge in [0.15, 0.2) is 0 Å². The fourth-order valence-electron chi connectivity index (χ4n) is 4.39. The van der Waals surface area contributed by atoms with Gasteiger partial charge in [-0.2, -0.15) is 0 Å². The van der Waals surface area contributed by atoms with Gasteiger partial charge >= 0.3 is 5.97 Å². The zero-order valence-electron chi connectivity index (χ0n) is 17.9. The maximum atomic E-state index is 13.3. The van der Waals surface area contributed by atoms with E-state index in [1.165, 1.54) is 11.1 Å². The predicted octanol–water partition coefficient (Wildman–Crippen LogP) is 2.96. The smallest absolute Gasteiger partial charge is 0.326 e. The lowest BCUT2D eigenvalue weighted by molar-refractivity contribution is -0.149.